The molecule has 0 bridgehead atoms. The quantitative estimate of drug-likeness (QED) is 0.627. The lowest BCUT2D eigenvalue weighted by Gasteiger charge is -2.05. The van der Waals surface area contributed by atoms with E-state index in [0.29, 0.717) is 16.9 Å². The SMILES string of the molecule is COc1ccccc1C1=N/C(=C\c2ccc(C(=O)[O-])cc2)C(=O)O1. The van der Waals surface area contributed by atoms with E-state index in [0.717, 1.165) is 0 Å². The third-order valence-corrected chi connectivity index (χ3v) is 3.41. The number of carboxylic acid groups (broad SMARTS) is 1. The first-order valence-electron chi connectivity index (χ1n) is 7.06. The van der Waals surface area contributed by atoms with E-state index < -0.39 is 11.9 Å². The molecule has 6 heteroatoms. The lowest BCUT2D eigenvalue weighted by atomic mass is 10.1. The van der Waals surface area contributed by atoms with Crippen LogP contribution in [0.15, 0.2) is 59.2 Å². The monoisotopic (exact) mass is 322 g/mol. The van der Waals surface area contributed by atoms with Crippen molar-refractivity contribution < 1.29 is 24.2 Å². The fourth-order valence-electron chi connectivity index (χ4n) is 2.22. The molecule has 2 aromatic rings. The first kappa shape index (κ1) is 15.5. The van der Waals surface area contributed by atoms with Gasteiger partial charge in [-0.25, -0.2) is 9.79 Å². The number of hydrogen-bond donors (Lipinski definition) is 0. The highest BCUT2D eigenvalue weighted by Gasteiger charge is 2.26. The highest BCUT2D eigenvalue weighted by Crippen LogP contribution is 2.24. The van der Waals surface area contributed by atoms with Crippen molar-refractivity contribution in [2.24, 2.45) is 4.99 Å². The van der Waals surface area contributed by atoms with E-state index in [2.05, 4.69) is 4.99 Å². The highest BCUT2D eigenvalue weighted by molar-refractivity contribution is 6.13. The number of nitrogens with zero attached hydrogens (tertiary/aromatic N) is 1. The Hall–Kier alpha value is -3.41. The maximum absolute atomic E-state index is 12.0. The van der Waals surface area contributed by atoms with Crippen molar-refractivity contribution >= 4 is 23.9 Å². The number of esters is 1. The predicted molar refractivity (Wildman–Crippen MR) is 84.4 cm³/mol. The predicted octanol–water partition coefficient (Wildman–Crippen LogP) is 1.40. The van der Waals surface area contributed by atoms with Gasteiger partial charge in [-0.15, -0.1) is 0 Å². The van der Waals surface area contributed by atoms with E-state index in [1.165, 1.54) is 25.3 Å². The zero-order chi connectivity index (χ0) is 17.1. The number of benzene rings is 2. The molecular weight excluding hydrogens is 310 g/mol. The molecule has 0 saturated carbocycles. The van der Waals surface area contributed by atoms with Gasteiger partial charge in [0.05, 0.1) is 18.6 Å². The summed E-state index contributed by atoms with van der Waals surface area (Å²) in [6.45, 7) is 0. The van der Waals surface area contributed by atoms with Crippen LogP contribution >= 0.6 is 0 Å². The van der Waals surface area contributed by atoms with Gasteiger partial charge in [0.15, 0.2) is 5.70 Å². The summed E-state index contributed by atoms with van der Waals surface area (Å²) in [6, 6.07) is 13.0. The number of aliphatic imine (C=N–C) groups is 1. The van der Waals surface area contributed by atoms with Gasteiger partial charge in [0, 0.05) is 0 Å². The molecule has 0 spiro atoms. The number of carbonyl (C=O) groups excluding carboxylic acids is 2. The Bertz CT molecular complexity index is 865. The van der Waals surface area contributed by atoms with Crippen LogP contribution in [0.25, 0.3) is 6.08 Å². The Morgan fingerprint density at radius 1 is 1.17 bits per heavy atom. The second-order valence-electron chi connectivity index (χ2n) is 4.95. The molecule has 1 heterocycles. The average molecular weight is 322 g/mol. The van der Waals surface area contributed by atoms with Crippen molar-refractivity contribution in [3.8, 4) is 5.75 Å². The van der Waals surface area contributed by atoms with E-state index in [4.69, 9.17) is 9.47 Å². The molecule has 120 valence electrons. The van der Waals surface area contributed by atoms with Crippen molar-refractivity contribution in [3.63, 3.8) is 0 Å². The van der Waals surface area contributed by atoms with Gasteiger partial charge in [-0.1, -0.05) is 36.4 Å². The molecule has 0 amide bonds. The molecule has 0 saturated heterocycles. The number of cyclic esters (lactones) is 1. The second-order valence-corrected chi connectivity index (χ2v) is 4.95. The van der Waals surface area contributed by atoms with Crippen LogP contribution in [-0.2, 0) is 9.53 Å². The van der Waals surface area contributed by atoms with Crippen molar-refractivity contribution in [3.05, 3.63) is 70.9 Å². The smallest absolute Gasteiger partial charge is 0.363 e. The first-order valence-corrected chi connectivity index (χ1v) is 7.06. The zero-order valence-corrected chi connectivity index (χ0v) is 12.7. The third kappa shape index (κ3) is 3.03. The number of para-hydroxylation sites is 1. The normalized spacial score (nSPS) is 15.1. The number of hydrogen-bond acceptors (Lipinski definition) is 6. The summed E-state index contributed by atoms with van der Waals surface area (Å²) in [5.41, 5.74) is 1.38. The van der Waals surface area contributed by atoms with Crippen molar-refractivity contribution in [1.29, 1.82) is 0 Å². The number of methoxy groups -OCH3 is 1. The van der Waals surface area contributed by atoms with Crippen LogP contribution in [0.1, 0.15) is 21.5 Å². The Balaban J connectivity index is 1.92. The van der Waals surface area contributed by atoms with Gasteiger partial charge in [0.1, 0.15) is 5.75 Å². The topological polar surface area (TPSA) is 88.0 Å². The molecule has 1 aliphatic rings. The van der Waals surface area contributed by atoms with Gasteiger partial charge in [0.2, 0.25) is 5.90 Å². The maximum atomic E-state index is 12.0. The zero-order valence-electron chi connectivity index (χ0n) is 12.7. The summed E-state index contributed by atoms with van der Waals surface area (Å²) in [6.07, 6.45) is 1.52. The Morgan fingerprint density at radius 3 is 2.54 bits per heavy atom. The van der Waals surface area contributed by atoms with Crippen LogP contribution in [0.2, 0.25) is 0 Å². The number of rotatable bonds is 4. The molecule has 0 aromatic heterocycles. The summed E-state index contributed by atoms with van der Waals surface area (Å²) >= 11 is 0. The molecule has 1 aliphatic heterocycles. The maximum Gasteiger partial charge on any atom is 0.363 e. The van der Waals surface area contributed by atoms with Crippen LogP contribution in [-0.4, -0.2) is 24.9 Å². The van der Waals surface area contributed by atoms with E-state index >= 15 is 0 Å². The summed E-state index contributed by atoms with van der Waals surface area (Å²) in [4.78, 5) is 26.9. The summed E-state index contributed by atoms with van der Waals surface area (Å²) in [5.74, 6) is -1.13. The standard InChI is InChI=1S/C18H13NO5/c1-23-15-5-3-2-4-13(15)16-19-14(18(22)24-16)10-11-6-8-12(9-7-11)17(20)21/h2-10H,1H3,(H,20,21)/p-1/b14-10-. The summed E-state index contributed by atoms with van der Waals surface area (Å²) < 4.78 is 10.4. The van der Waals surface area contributed by atoms with E-state index in [-0.39, 0.29) is 17.2 Å². The minimum atomic E-state index is -1.26. The lowest BCUT2D eigenvalue weighted by molar-refractivity contribution is -0.255. The molecule has 0 unspecified atom stereocenters. The average Bonchev–Trinajstić information content (AvgIpc) is 2.96. The molecule has 0 aliphatic carbocycles. The third-order valence-electron chi connectivity index (χ3n) is 3.41. The van der Waals surface area contributed by atoms with Crippen LogP contribution < -0.4 is 9.84 Å². The van der Waals surface area contributed by atoms with Gasteiger partial charge >= 0.3 is 5.97 Å². The van der Waals surface area contributed by atoms with E-state index in [9.17, 15) is 14.7 Å². The first-order chi connectivity index (χ1) is 11.6. The van der Waals surface area contributed by atoms with Crippen molar-refractivity contribution in [2.75, 3.05) is 7.11 Å². The Labute approximate surface area is 137 Å². The minimum Gasteiger partial charge on any atom is -0.545 e. The summed E-state index contributed by atoms with van der Waals surface area (Å²) in [7, 11) is 1.52. The van der Waals surface area contributed by atoms with Crippen LogP contribution in [0, 0.1) is 0 Å². The Kier molecular flexibility index (Phi) is 4.11. The van der Waals surface area contributed by atoms with Gasteiger partial charge in [-0.05, 0) is 29.3 Å². The number of aromatic carboxylic acids is 1. The molecule has 0 radical (unpaired) electrons. The fraction of sp³-hybridized carbons (Fsp3) is 0.0556. The van der Waals surface area contributed by atoms with Crippen LogP contribution in [0.4, 0.5) is 0 Å². The second kappa shape index (κ2) is 6.37. The molecular formula is C18H12NO5-. The lowest BCUT2D eigenvalue weighted by Crippen LogP contribution is -2.21. The molecule has 0 N–H and O–H groups in total. The molecule has 0 atom stereocenters. The number of carbonyl (C=O) groups is 2. The molecule has 2 aromatic carbocycles. The summed E-state index contributed by atoms with van der Waals surface area (Å²) in [5, 5.41) is 10.7. The van der Waals surface area contributed by atoms with Gasteiger partial charge in [-0.2, -0.15) is 0 Å². The van der Waals surface area contributed by atoms with Gasteiger partial charge < -0.3 is 19.4 Å². The van der Waals surface area contributed by atoms with E-state index in [1.54, 1.807) is 36.4 Å². The van der Waals surface area contributed by atoms with Crippen LogP contribution in [0.3, 0.4) is 0 Å². The largest absolute Gasteiger partial charge is 0.545 e. The minimum absolute atomic E-state index is 0.0596. The Morgan fingerprint density at radius 2 is 1.88 bits per heavy atom. The number of carboxylic acids is 1. The molecule has 0 fully saturated rings. The van der Waals surface area contributed by atoms with Gasteiger partial charge in [-0.3, -0.25) is 0 Å². The molecule has 6 nitrogen and oxygen atoms in total. The van der Waals surface area contributed by atoms with Crippen LogP contribution in [0.5, 0.6) is 5.75 Å². The van der Waals surface area contributed by atoms with Gasteiger partial charge in [0.25, 0.3) is 0 Å². The molecule has 24 heavy (non-hydrogen) atoms. The fourth-order valence-corrected chi connectivity index (χ4v) is 2.22. The highest BCUT2D eigenvalue weighted by atomic mass is 16.6. The van der Waals surface area contributed by atoms with Crippen molar-refractivity contribution in [1.82, 2.24) is 0 Å². The molecule has 3 rings (SSSR count). The van der Waals surface area contributed by atoms with E-state index in [1.807, 2.05) is 0 Å². The number of ether oxygens (including phenoxy) is 2. The van der Waals surface area contributed by atoms with Crippen molar-refractivity contribution in [2.45, 2.75) is 0 Å².